The van der Waals surface area contributed by atoms with E-state index in [0.29, 0.717) is 6.54 Å². The highest BCUT2D eigenvalue weighted by Gasteiger charge is 2.12. The van der Waals surface area contributed by atoms with Gasteiger partial charge in [-0.2, -0.15) is 5.10 Å². The number of aromatic amines is 1. The van der Waals surface area contributed by atoms with E-state index in [2.05, 4.69) is 17.1 Å². The summed E-state index contributed by atoms with van der Waals surface area (Å²) in [6.07, 6.45) is 4.26. The molecule has 1 N–H and O–H groups in total. The minimum Gasteiger partial charge on any atom is -0.309 e. The van der Waals surface area contributed by atoms with Crippen molar-refractivity contribution in [1.82, 2.24) is 10.2 Å². The predicted molar refractivity (Wildman–Crippen MR) is 94.2 cm³/mol. The molecule has 0 fully saturated rings. The third-order valence-electron chi connectivity index (χ3n) is 3.66. The molecule has 3 aromatic rings. The normalized spacial score (nSPS) is 11.2. The third-order valence-corrected chi connectivity index (χ3v) is 3.66. The van der Waals surface area contributed by atoms with Crippen molar-refractivity contribution >= 4 is 28.6 Å². The first-order valence-electron chi connectivity index (χ1n) is 7.77. The van der Waals surface area contributed by atoms with Crippen molar-refractivity contribution in [3.05, 3.63) is 66.4 Å². The largest absolute Gasteiger partial charge is 0.309 e. The maximum absolute atomic E-state index is 12.6. The summed E-state index contributed by atoms with van der Waals surface area (Å²) in [5.74, 6) is -0.0369. The molecule has 0 aliphatic carbocycles. The number of anilines is 1. The van der Waals surface area contributed by atoms with Gasteiger partial charge in [-0.1, -0.05) is 43.3 Å². The van der Waals surface area contributed by atoms with E-state index in [4.69, 9.17) is 0 Å². The van der Waals surface area contributed by atoms with Gasteiger partial charge in [-0.15, -0.1) is 0 Å². The Morgan fingerprint density at radius 2 is 1.87 bits per heavy atom. The summed E-state index contributed by atoms with van der Waals surface area (Å²) in [6.45, 7) is 2.75. The van der Waals surface area contributed by atoms with Crippen LogP contribution in [-0.4, -0.2) is 22.6 Å². The number of fused-ring (bicyclic) bond motifs is 1. The van der Waals surface area contributed by atoms with Crippen LogP contribution in [0, 0.1) is 0 Å². The van der Waals surface area contributed by atoms with E-state index in [1.807, 2.05) is 54.6 Å². The molecule has 0 atom stereocenters. The van der Waals surface area contributed by atoms with E-state index in [1.165, 1.54) is 0 Å². The molecule has 2 aromatic carbocycles. The van der Waals surface area contributed by atoms with E-state index in [1.54, 1.807) is 17.1 Å². The summed E-state index contributed by atoms with van der Waals surface area (Å²) in [5, 5.41) is 8.25. The zero-order valence-electron chi connectivity index (χ0n) is 13.1. The molecule has 1 amide bonds. The SMILES string of the molecule is CCCN(C(=O)/C=C/c1n[nH]c2ccccc12)c1ccccc1. The molecule has 0 saturated carbocycles. The number of aromatic nitrogens is 2. The average Bonchev–Trinajstić information content (AvgIpc) is 3.01. The van der Waals surface area contributed by atoms with Crippen LogP contribution in [0.1, 0.15) is 19.0 Å². The molecule has 0 radical (unpaired) electrons. The molecule has 116 valence electrons. The van der Waals surface area contributed by atoms with Gasteiger partial charge in [0, 0.05) is 23.7 Å². The van der Waals surface area contributed by atoms with E-state index in [0.717, 1.165) is 28.7 Å². The summed E-state index contributed by atoms with van der Waals surface area (Å²) in [5.41, 5.74) is 2.66. The van der Waals surface area contributed by atoms with E-state index >= 15 is 0 Å². The standard InChI is InChI=1S/C19H19N3O/c1-2-14-22(15-8-4-3-5-9-15)19(23)13-12-18-16-10-6-7-11-17(16)20-21-18/h3-13H,2,14H2,1H3,(H,20,21)/b13-12+. The van der Waals surface area contributed by atoms with Gasteiger partial charge in [0.2, 0.25) is 0 Å². The van der Waals surface area contributed by atoms with Crippen LogP contribution in [-0.2, 0) is 4.79 Å². The molecule has 0 unspecified atom stereocenters. The molecular weight excluding hydrogens is 286 g/mol. The number of benzene rings is 2. The zero-order chi connectivity index (χ0) is 16.1. The summed E-state index contributed by atoms with van der Waals surface area (Å²) in [6, 6.07) is 17.6. The second kappa shape index (κ2) is 6.92. The number of hydrogen-bond acceptors (Lipinski definition) is 2. The number of amides is 1. The topological polar surface area (TPSA) is 49.0 Å². The number of para-hydroxylation sites is 2. The van der Waals surface area contributed by atoms with Gasteiger partial charge in [-0.3, -0.25) is 9.89 Å². The van der Waals surface area contributed by atoms with Crippen LogP contribution in [0.3, 0.4) is 0 Å². The van der Waals surface area contributed by atoms with Crippen molar-refractivity contribution < 1.29 is 4.79 Å². The zero-order valence-corrected chi connectivity index (χ0v) is 13.1. The van der Waals surface area contributed by atoms with Crippen LogP contribution < -0.4 is 4.90 Å². The molecule has 23 heavy (non-hydrogen) atoms. The monoisotopic (exact) mass is 305 g/mol. The second-order valence-electron chi connectivity index (χ2n) is 5.31. The lowest BCUT2D eigenvalue weighted by Crippen LogP contribution is -2.29. The summed E-state index contributed by atoms with van der Waals surface area (Å²) < 4.78 is 0. The molecule has 0 aliphatic rings. The molecule has 0 aliphatic heterocycles. The highest BCUT2D eigenvalue weighted by molar-refractivity contribution is 6.04. The molecule has 0 saturated heterocycles. The highest BCUT2D eigenvalue weighted by atomic mass is 16.2. The Bertz CT molecular complexity index is 821. The second-order valence-corrected chi connectivity index (χ2v) is 5.31. The average molecular weight is 305 g/mol. The van der Waals surface area contributed by atoms with Crippen molar-refractivity contribution in [2.45, 2.75) is 13.3 Å². The molecule has 3 rings (SSSR count). The van der Waals surface area contributed by atoms with Crippen molar-refractivity contribution in [2.24, 2.45) is 0 Å². The Hall–Kier alpha value is -2.88. The number of rotatable bonds is 5. The molecule has 0 bridgehead atoms. The first-order chi connectivity index (χ1) is 11.3. The molecule has 4 heteroatoms. The van der Waals surface area contributed by atoms with Crippen LogP contribution in [0.5, 0.6) is 0 Å². The lowest BCUT2D eigenvalue weighted by molar-refractivity contribution is -0.114. The van der Waals surface area contributed by atoms with Crippen molar-refractivity contribution in [2.75, 3.05) is 11.4 Å². The predicted octanol–water partition coefficient (Wildman–Crippen LogP) is 4.02. The Morgan fingerprint density at radius 3 is 2.65 bits per heavy atom. The van der Waals surface area contributed by atoms with Gasteiger partial charge in [0.05, 0.1) is 11.2 Å². The van der Waals surface area contributed by atoms with Crippen LogP contribution >= 0.6 is 0 Å². The number of nitrogens with one attached hydrogen (secondary N) is 1. The van der Waals surface area contributed by atoms with Gasteiger partial charge in [-0.05, 0) is 30.7 Å². The fourth-order valence-corrected chi connectivity index (χ4v) is 2.55. The van der Waals surface area contributed by atoms with Crippen molar-refractivity contribution in [3.63, 3.8) is 0 Å². The van der Waals surface area contributed by atoms with Gasteiger partial charge in [0.15, 0.2) is 0 Å². The maximum Gasteiger partial charge on any atom is 0.251 e. The Kier molecular flexibility index (Phi) is 4.52. The smallest absolute Gasteiger partial charge is 0.251 e. The van der Waals surface area contributed by atoms with Gasteiger partial charge in [0.25, 0.3) is 5.91 Å². The summed E-state index contributed by atoms with van der Waals surface area (Å²) in [4.78, 5) is 14.3. The first-order valence-corrected chi connectivity index (χ1v) is 7.77. The quantitative estimate of drug-likeness (QED) is 0.724. The number of H-pyrrole nitrogens is 1. The Morgan fingerprint density at radius 1 is 1.13 bits per heavy atom. The molecule has 1 heterocycles. The molecule has 4 nitrogen and oxygen atoms in total. The van der Waals surface area contributed by atoms with Gasteiger partial charge >= 0.3 is 0 Å². The van der Waals surface area contributed by atoms with Crippen LogP contribution in [0.4, 0.5) is 5.69 Å². The fourth-order valence-electron chi connectivity index (χ4n) is 2.55. The Labute approximate surface area is 135 Å². The molecular formula is C19H19N3O. The van der Waals surface area contributed by atoms with Crippen LogP contribution in [0.15, 0.2) is 60.7 Å². The van der Waals surface area contributed by atoms with Gasteiger partial charge in [0.1, 0.15) is 0 Å². The van der Waals surface area contributed by atoms with E-state index in [-0.39, 0.29) is 5.91 Å². The van der Waals surface area contributed by atoms with Crippen molar-refractivity contribution in [1.29, 1.82) is 0 Å². The maximum atomic E-state index is 12.6. The van der Waals surface area contributed by atoms with Crippen LogP contribution in [0.2, 0.25) is 0 Å². The minimum atomic E-state index is -0.0369. The minimum absolute atomic E-state index is 0.0369. The number of hydrogen-bond donors (Lipinski definition) is 1. The Balaban J connectivity index is 1.84. The van der Waals surface area contributed by atoms with E-state index in [9.17, 15) is 4.79 Å². The van der Waals surface area contributed by atoms with Gasteiger partial charge < -0.3 is 4.90 Å². The fraction of sp³-hybridized carbons (Fsp3) is 0.158. The first kappa shape index (κ1) is 15.0. The number of carbonyl (C=O) groups excluding carboxylic acids is 1. The number of nitrogens with zero attached hydrogens (tertiary/aromatic N) is 2. The van der Waals surface area contributed by atoms with Gasteiger partial charge in [-0.25, -0.2) is 0 Å². The van der Waals surface area contributed by atoms with Crippen molar-refractivity contribution in [3.8, 4) is 0 Å². The molecule has 1 aromatic heterocycles. The number of carbonyl (C=O) groups is 1. The highest BCUT2D eigenvalue weighted by Crippen LogP contribution is 2.18. The summed E-state index contributed by atoms with van der Waals surface area (Å²) in [7, 11) is 0. The lowest BCUT2D eigenvalue weighted by Gasteiger charge is -2.20. The van der Waals surface area contributed by atoms with E-state index < -0.39 is 0 Å². The lowest BCUT2D eigenvalue weighted by atomic mass is 10.2. The molecule has 0 spiro atoms. The van der Waals surface area contributed by atoms with Crippen LogP contribution in [0.25, 0.3) is 17.0 Å². The third kappa shape index (κ3) is 3.31. The summed E-state index contributed by atoms with van der Waals surface area (Å²) >= 11 is 0.